The third-order valence-electron chi connectivity index (χ3n) is 1.23. The van der Waals surface area contributed by atoms with Crippen LogP contribution in [0, 0.1) is 10.1 Å². The van der Waals surface area contributed by atoms with E-state index >= 15 is 0 Å². The van der Waals surface area contributed by atoms with E-state index < -0.39 is 15.8 Å². The lowest BCUT2D eigenvalue weighted by Gasteiger charge is -2.00. The third kappa shape index (κ3) is 2.09. The summed E-state index contributed by atoms with van der Waals surface area (Å²) in [5, 5.41) is 9.72. The number of aromatic nitrogens is 1. The van der Waals surface area contributed by atoms with E-state index in [4.69, 9.17) is 23.2 Å². The van der Waals surface area contributed by atoms with E-state index in [0.29, 0.717) is 0 Å². The van der Waals surface area contributed by atoms with Crippen molar-refractivity contribution in [1.29, 1.82) is 0 Å². The predicted octanol–water partition coefficient (Wildman–Crippen LogP) is 1.83. The predicted molar refractivity (Wildman–Crippen MR) is 47.6 cm³/mol. The maximum Gasteiger partial charge on any atom is 0.325 e. The number of hydrogen-bond donors (Lipinski definition) is 0. The summed E-state index contributed by atoms with van der Waals surface area (Å²) in [6.07, 6.45) is 0. The van der Waals surface area contributed by atoms with Crippen LogP contribution in [0.5, 0.6) is 5.88 Å². The fourth-order valence-electron chi connectivity index (χ4n) is 0.729. The molecule has 0 radical (unpaired) electrons. The van der Waals surface area contributed by atoms with Gasteiger partial charge < -0.3 is 4.74 Å². The minimum atomic E-state index is -0.775. The van der Waals surface area contributed by atoms with Crippen LogP contribution in [0.3, 0.4) is 0 Å². The molecule has 74 valence electrons. The van der Waals surface area contributed by atoms with Gasteiger partial charge in [0.15, 0.2) is 0 Å². The van der Waals surface area contributed by atoms with E-state index in [1.165, 1.54) is 0 Å². The van der Waals surface area contributed by atoms with Crippen molar-refractivity contribution in [3.8, 4) is 5.88 Å². The maximum absolute atomic E-state index is 10.4. The average Bonchev–Trinajstić information content (AvgIpc) is 2.01. The van der Waals surface area contributed by atoms with E-state index in [1.807, 2.05) is 0 Å². The zero-order valence-corrected chi connectivity index (χ0v) is 7.95. The van der Waals surface area contributed by atoms with Crippen molar-refractivity contribution in [2.45, 2.75) is 0 Å². The van der Waals surface area contributed by atoms with Gasteiger partial charge in [-0.3, -0.25) is 14.9 Å². The van der Waals surface area contributed by atoms with Crippen molar-refractivity contribution in [3.63, 3.8) is 0 Å². The largest absolute Gasteiger partial charge is 0.410 e. The molecule has 0 spiro atoms. The first kappa shape index (κ1) is 10.7. The first-order valence-corrected chi connectivity index (χ1v) is 3.92. The van der Waals surface area contributed by atoms with Gasteiger partial charge in [-0.15, -0.1) is 0 Å². The zero-order valence-electron chi connectivity index (χ0n) is 6.44. The van der Waals surface area contributed by atoms with Crippen LogP contribution in [-0.4, -0.2) is 16.4 Å². The van der Waals surface area contributed by atoms with Crippen LogP contribution in [0.25, 0.3) is 0 Å². The summed E-state index contributed by atoms with van der Waals surface area (Å²) in [7, 11) is 0. The lowest BCUT2D eigenvalue weighted by atomic mass is 10.4. The summed E-state index contributed by atoms with van der Waals surface area (Å²) < 4.78 is 4.32. The summed E-state index contributed by atoms with van der Waals surface area (Å²) in [4.78, 5) is 23.0. The Kier molecular flexibility index (Phi) is 3.21. The normalized spacial score (nSPS) is 9.57. The summed E-state index contributed by atoms with van der Waals surface area (Å²) in [6, 6.07) is 1.03. The summed E-state index contributed by atoms with van der Waals surface area (Å²) >= 11 is 10.9. The molecular weight excluding hydrogens is 235 g/mol. The van der Waals surface area contributed by atoms with Crippen LogP contribution in [0.1, 0.15) is 0 Å². The van der Waals surface area contributed by atoms with Crippen molar-refractivity contribution < 1.29 is 14.5 Å². The molecular formula is C6H2Cl2N2O4. The lowest BCUT2D eigenvalue weighted by molar-refractivity contribution is -0.384. The fourth-order valence-corrected chi connectivity index (χ4v) is 1.28. The highest BCUT2D eigenvalue weighted by Crippen LogP contribution is 2.33. The van der Waals surface area contributed by atoms with Crippen LogP contribution in [0.2, 0.25) is 10.2 Å². The Hall–Kier alpha value is -1.40. The number of ether oxygens (including phenoxy) is 1. The first-order valence-electron chi connectivity index (χ1n) is 3.17. The summed E-state index contributed by atoms with van der Waals surface area (Å²) in [5.41, 5.74) is -0.522. The molecule has 1 aromatic rings. The Bertz CT molecular complexity index is 372. The van der Waals surface area contributed by atoms with Crippen molar-refractivity contribution in [1.82, 2.24) is 4.98 Å². The molecule has 0 bridgehead atoms. The van der Waals surface area contributed by atoms with Gasteiger partial charge in [0.1, 0.15) is 5.02 Å². The Morgan fingerprint density at radius 3 is 2.64 bits per heavy atom. The number of carbonyl (C=O) groups is 1. The molecule has 6 nitrogen and oxygen atoms in total. The molecule has 0 aliphatic carbocycles. The molecule has 14 heavy (non-hydrogen) atoms. The highest BCUT2D eigenvalue weighted by atomic mass is 35.5. The second-order valence-corrected chi connectivity index (χ2v) is 2.82. The summed E-state index contributed by atoms with van der Waals surface area (Å²) in [5.74, 6) is -0.194. The highest BCUT2D eigenvalue weighted by molar-refractivity contribution is 6.37. The molecule has 1 aromatic heterocycles. The molecule has 0 N–H and O–H groups in total. The molecule has 1 rings (SSSR count). The minimum Gasteiger partial charge on any atom is -0.410 e. The Morgan fingerprint density at radius 2 is 2.21 bits per heavy atom. The van der Waals surface area contributed by atoms with Gasteiger partial charge in [0, 0.05) is 6.07 Å². The topological polar surface area (TPSA) is 82.3 Å². The maximum atomic E-state index is 10.4. The number of rotatable bonds is 3. The van der Waals surface area contributed by atoms with Gasteiger partial charge in [-0.05, 0) is 0 Å². The number of carbonyl (C=O) groups excluding carboxylic acids is 1. The van der Waals surface area contributed by atoms with Crippen molar-refractivity contribution >= 4 is 35.4 Å². The van der Waals surface area contributed by atoms with Gasteiger partial charge in [0.2, 0.25) is 11.0 Å². The Morgan fingerprint density at radius 1 is 1.57 bits per heavy atom. The molecule has 0 amide bonds. The van der Waals surface area contributed by atoms with E-state index in [-0.39, 0.29) is 17.4 Å². The number of hydrogen-bond acceptors (Lipinski definition) is 5. The average molecular weight is 237 g/mol. The molecule has 0 fully saturated rings. The highest BCUT2D eigenvalue weighted by Gasteiger charge is 2.20. The second-order valence-electron chi connectivity index (χ2n) is 2.05. The van der Waals surface area contributed by atoms with Gasteiger partial charge >= 0.3 is 5.69 Å². The fraction of sp³-hybridized carbons (Fsp3) is 0. The van der Waals surface area contributed by atoms with Gasteiger partial charge in [-0.1, -0.05) is 23.2 Å². The number of pyridine rings is 1. The number of nitrogens with zero attached hydrogens (tertiary/aromatic N) is 2. The molecule has 0 aromatic carbocycles. The smallest absolute Gasteiger partial charge is 0.325 e. The molecule has 1 heterocycles. The van der Waals surface area contributed by atoms with Crippen molar-refractivity contribution in [2.24, 2.45) is 0 Å². The minimum absolute atomic E-state index is 0.112. The SMILES string of the molecule is O=COc1cc(Cl)c([N+](=O)[O-])c(Cl)n1. The molecule has 0 saturated heterocycles. The standard InChI is InChI=1S/C6H2Cl2N2O4/c7-3-1-4(14-2-11)9-6(8)5(3)10(12)13/h1-2H. The Labute approximate surface area is 87.6 Å². The van der Waals surface area contributed by atoms with E-state index in [9.17, 15) is 14.9 Å². The van der Waals surface area contributed by atoms with Gasteiger partial charge in [0.25, 0.3) is 6.47 Å². The van der Waals surface area contributed by atoms with Gasteiger partial charge in [0.05, 0.1) is 4.92 Å². The van der Waals surface area contributed by atoms with Crippen LogP contribution in [0.15, 0.2) is 6.07 Å². The van der Waals surface area contributed by atoms with Crippen LogP contribution >= 0.6 is 23.2 Å². The van der Waals surface area contributed by atoms with E-state index in [2.05, 4.69) is 9.72 Å². The van der Waals surface area contributed by atoms with Crippen molar-refractivity contribution in [3.05, 3.63) is 26.4 Å². The van der Waals surface area contributed by atoms with Gasteiger partial charge in [-0.25, -0.2) is 0 Å². The third-order valence-corrected chi connectivity index (χ3v) is 1.78. The second kappa shape index (κ2) is 4.21. The molecule has 0 unspecified atom stereocenters. The van der Waals surface area contributed by atoms with Crippen LogP contribution in [-0.2, 0) is 4.79 Å². The molecule has 0 atom stereocenters. The van der Waals surface area contributed by atoms with Crippen LogP contribution < -0.4 is 4.74 Å². The molecule has 0 aliphatic heterocycles. The zero-order chi connectivity index (χ0) is 10.7. The molecule has 0 aliphatic rings. The lowest BCUT2D eigenvalue weighted by Crippen LogP contribution is -1.97. The van der Waals surface area contributed by atoms with Crippen LogP contribution in [0.4, 0.5) is 5.69 Å². The number of nitro groups is 1. The van der Waals surface area contributed by atoms with Crippen molar-refractivity contribution in [2.75, 3.05) is 0 Å². The Balaban J connectivity index is 3.24. The first-order chi connectivity index (χ1) is 6.56. The molecule has 8 heteroatoms. The number of halogens is 2. The monoisotopic (exact) mass is 236 g/mol. The summed E-state index contributed by atoms with van der Waals surface area (Å²) in [6.45, 7) is 0.112. The quantitative estimate of drug-likeness (QED) is 0.346. The van der Waals surface area contributed by atoms with E-state index in [1.54, 1.807) is 0 Å². The molecule has 0 saturated carbocycles. The van der Waals surface area contributed by atoms with Gasteiger partial charge in [-0.2, -0.15) is 4.98 Å². The van der Waals surface area contributed by atoms with E-state index in [0.717, 1.165) is 6.07 Å².